The van der Waals surface area contributed by atoms with Gasteiger partial charge in [-0.25, -0.2) is 17.5 Å². The fourth-order valence-electron chi connectivity index (χ4n) is 5.02. The number of hydrogen-bond donors (Lipinski definition) is 4. The number of ether oxygens (including phenoxy) is 1. The van der Waals surface area contributed by atoms with Gasteiger partial charge in [-0.15, -0.1) is 0 Å². The largest absolute Gasteiger partial charge is 0.490 e. The molecule has 1 atom stereocenters. The molecule has 3 aromatic carbocycles. The Morgan fingerprint density at radius 3 is 2.45 bits per heavy atom. The first-order valence-corrected chi connectivity index (χ1v) is 16.1. The summed E-state index contributed by atoms with van der Waals surface area (Å²) in [5.41, 5.74) is 3.53. The quantitative estimate of drug-likeness (QED) is 0.201. The van der Waals surface area contributed by atoms with E-state index in [4.69, 9.17) is 9.84 Å². The van der Waals surface area contributed by atoms with Crippen molar-refractivity contribution in [2.45, 2.75) is 57.2 Å². The summed E-state index contributed by atoms with van der Waals surface area (Å²) in [6.07, 6.45) is 4.92. The summed E-state index contributed by atoms with van der Waals surface area (Å²) in [6.45, 7) is 0.666. The highest BCUT2D eigenvalue weighted by atomic mass is 32.2. The Labute approximate surface area is 247 Å². The minimum Gasteiger partial charge on any atom is -0.490 e. The molecule has 1 amide bonds. The van der Waals surface area contributed by atoms with Gasteiger partial charge in [0.05, 0.1) is 23.5 Å². The average molecular weight is 599 g/mol. The molecule has 0 aromatic heterocycles. The normalized spacial score (nSPS) is 14.8. The number of carbonyl (C=O) groups is 1. The van der Waals surface area contributed by atoms with Crippen LogP contribution in [0.3, 0.4) is 0 Å². The number of nitrogens with one attached hydrogen (secondary N) is 2. The Morgan fingerprint density at radius 2 is 1.74 bits per heavy atom. The van der Waals surface area contributed by atoms with Crippen LogP contribution in [0.5, 0.6) is 5.75 Å². The summed E-state index contributed by atoms with van der Waals surface area (Å²) < 4.78 is 46.3. The van der Waals surface area contributed by atoms with Crippen molar-refractivity contribution < 1.29 is 32.6 Å². The van der Waals surface area contributed by atoms with Gasteiger partial charge in [-0.2, -0.15) is 0 Å². The van der Waals surface area contributed by atoms with Crippen LogP contribution in [-0.4, -0.2) is 56.1 Å². The highest BCUT2D eigenvalue weighted by molar-refractivity contribution is 7.90. The van der Waals surface area contributed by atoms with E-state index in [2.05, 4.69) is 10.0 Å². The molecule has 1 saturated carbocycles. The standard InChI is InChI=1S/C32H39FN2O6S/c33-27-7-4-6-26(20-27)30(37)22-34-17-16-23-10-12-24(13-11-23)25-14-15-29(32(38)35-42(39,40)19-5-18-36)31(21-25)41-28-8-2-1-3-9-28/h4,6-7,10-15,20-21,28,30,34,36-37H,1-3,5,8-9,16-19,22H2,(H,35,38)/t30-/m0/s1. The number of aliphatic hydroxyl groups is 2. The number of carbonyl (C=O) groups excluding carboxylic acids is 1. The summed E-state index contributed by atoms with van der Waals surface area (Å²) in [6, 6.07) is 19.1. The number of amides is 1. The molecular weight excluding hydrogens is 559 g/mol. The summed E-state index contributed by atoms with van der Waals surface area (Å²) in [5.74, 6) is -1.13. The Bertz CT molecular complexity index is 1430. The van der Waals surface area contributed by atoms with E-state index < -0.39 is 22.0 Å². The minimum atomic E-state index is -3.89. The van der Waals surface area contributed by atoms with Crippen LogP contribution in [0.25, 0.3) is 11.1 Å². The topological polar surface area (TPSA) is 125 Å². The zero-order valence-corrected chi connectivity index (χ0v) is 24.4. The molecule has 226 valence electrons. The maximum absolute atomic E-state index is 13.4. The Kier molecular flexibility index (Phi) is 11.5. The van der Waals surface area contributed by atoms with Crippen molar-refractivity contribution in [1.82, 2.24) is 10.0 Å². The van der Waals surface area contributed by atoms with Crippen LogP contribution in [0.15, 0.2) is 66.7 Å². The SMILES string of the molecule is O=C(NS(=O)(=O)CCCO)c1ccc(-c2ccc(CCNC[C@H](O)c3cccc(F)c3)cc2)cc1OC1CCCCC1. The number of halogens is 1. The van der Waals surface area contributed by atoms with Crippen molar-refractivity contribution in [3.63, 3.8) is 0 Å². The van der Waals surface area contributed by atoms with Crippen LogP contribution in [0.4, 0.5) is 4.39 Å². The van der Waals surface area contributed by atoms with E-state index in [9.17, 15) is 22.7 Å². The van der Waals surface area contributed by atoms with E-state index in [1.165, 1.54) is 12.1 Å². The van der Waals surface area contributed by atoms with E-state index in [0.717, 1.165) is 55.2 Å². The van der Waals surface area contributed by atoms with Crippen molar-refractivity contribution in [3.05, 3.63) is 89.2 Å². The van der Waals surface area contributed by atoms with Crippen LogP contribution in [0, 0.1) is 5.82 Å². The molecule has 0 aliphatic heterocycles. The van der Waals surface area contributed by atoms with Crippen LogP contribution >= 0.6 is 0 Å². The maximum atomic E-state index is 13.4. The molecule has 1 fully saturated rings. The second-order valence-electron chi connectivity index (χ2n) is 10.6. The molecule has 42 heavy (non-hydrogen) atoms. The molecule has 0 unspecified atom stereocenters. The molecule has 0 saturated heterocycles. The van der Waals surface area contributed by atoms with Crippen molar-refractivity contribution in [1.29, 1.82) is 0 Å². The van der Waals surface area contributed by atoms with Gasteiger partial charge < -0.3 is 20.3 Å². The monoisotopic (exact) mass is 598 g/mol. The van der Waals surface area contributed by atoms with E-state index >= 15 is 0 Å². The third-order valence-electron chi connectivity index (χ3n) is 7.34. The fourth-order valence-corrected chi connectivity index (χ4v) is 6.02. The molecule has 4 N–H and O–H groups in total. The number of rotatable bonds is 14. The van der Waals surface area contributed by atoms with Gasteiger partial charge in [0.1, 0.15) is 11.6 Å². The van der Waals surface area contributed by atoms with Crippen molar-refractivity contribution in [2.75, 3.05) is 25.4 Å². The molecule has 0 heterocycles. The van der Waals surface area contributed by atoms with E-state index in [0.29, 0.717) is 24.4 Å². The summed E-state index contributed by atoms with van der Waals surface area (Å²) in [5, 5.41) is 22.4. The molecule has 3 aromatic rings. The summed E-state index contributed by atoms with van der Waals surface area (Å²) in [4.78, 5) is 13.0. The van der Waals surface area contributed by atoms with Crippen LogP contribution in [-0.2, 0) is 16.4 Å². The first-order chi connectivity index (χ1) is 20.2. The lowest BCUT2D eigenvalue weighted by Crippen LogP contribution is -2.33. The van der Waals surface area contributed by atoms with Gasteiger partial charge in [-0.05, 0) is 91.6 Å². The predicted molar refractivity (Wildman–Crippen MR) is 160 cm³/mol. The van der Waals surface area contributed by atoms with Gasteiger partial charge in [0, 0.05) is 13.2 Å². The lowest BCUT2D eigenvalue weighted by Gasteiger charge is -2.24. The van der Waals surface area contributed by atoms with Gasteiger partial charge in [-0.1, -0.05) is 48.9 Å². The van der Waals surface area contributed by atoms with Crippen molar-refractivity contribution in [2.24, 2.45) is 0 Å². The number of aliphatic hydroxyl groups excluding tert-OH is 2. The zero-order chi connectivity index (χ0) is 30.0. The smallest absolute Gasteiger partial charge is 0.268 e. The van der Waals surface area contributed by atoms with Gasteiger partial charge in [0.15, 0.2) is 0 Å². The van der Waals surface area contributed by atoms with Gasteiger partial charge in [-0.3, -0.25) is 4.79 Å². The highest BCUT2D eigenvalue weighted by Gasteiger charge is 2.23. The minimum absolute atomic E-state index is 0.0376. The molecule has 8 nitrogen and oxygen atoms in total. The highest BCUT2D eigenvalue weighted by Crippen LogP contribution is 2.31. The van der Waals surface area contributed by atoms with E-state index in [1.807, 2.05) is 24.3 Å². The molecular formula is C32H39FN2O6S. The first-order valence-electron chi connectivity index (χ1n) is 14.4. The lowest BCUT2D eigenvalue weighted by molar-refractivity contribution is 0.0969. The van der Waals surface area contributed by atoms with Crippen LogP contribution in [0.2, 0.25) is 0 Å². The second-order valence-corrected chi connectivity index (χ2v) is 12.5. The number of sulfonamides is 1. The summed E-state index contributed by atoms with van der Waals surface area (Å²) in [7, 11) is -3.89. The molecule has 0 spiro atoms. The van der Waals surface area contributed by atoms with Crippen molar-refractivity contribution >= 4 is 15.9 Å². The maximum Gasteiger partial charge on any atom is 0.268 e. The number of benzene rings is 3. The zero-order valence-electron chi connectivity index (χ0n) is 23.6. The Morgan fingerprint density at radius 1 is 1.00 bits per heavy atom. The third-order valence-corrected chi connectivity index (χ3v) is 8.66. The molecule has 4 rings (SSSR count). The first kappa shape index (κ1) is 31.6. The molecule has 1 aliphatic carbocycles. The average Bonchev–Trinajstić information content (AvgIpc) is 2.99. The Hall–Kier alpha value is -3.31. The third kappa shape index (κ3) is 9.35. The van der Waals surface area contributed by atoms with Crippen molar-refractivity contribution in [3.8, 4) is 16.9 Å². The van der Waals surface area contributed by atoms with Gasteiger partial charge in [0.25, 0.3) is 5.91 Å². The van der Waals surface area contributed by atoms with E-state index in [-0.39, 0.29) is 36.3 Å². The Balaban J connectivity index is 1.41. The number of hydrogen-bond acceptors (Lipinski definition) is 7. The summed E-state index contributed by atoms with van der Waals surface area (Å²) >= 11 is 0. The van der Waals surface area contributed by atoms with Crippen LogP contribution < -0.4 is 14.8 Å². The van der Waals surface area contributed by atoms with Gasteiger partial charge in [0.2, 0.25) is 10.0 Å². The van der Waals surface area contributed by atoms with E-state index in [1.54, 1.807) is 30.3 Å². The fraction of sp³-hybridized carbons (Fsp3) is 0.406. The molecule has 10 heteroatoms. The molecule has 1 aliphatic rings. The lowest BCUT2D eigenvalue weighted by atomic mass is 9.97. The van der Waals surface area contributed by atoms with Crippen LogP contribution in [0.1, 0.15) is 66.1 Å². The molecule has 0 bridgehead atoms. The second kappa shape index (κ2) is 15.2. The predicted octanol–water partition coefficient (Wildman–Crippen LogP) is 4.51. The van der Waals surface area contributed by atoms with Gasteiger partial charge >= 0.3 is 0 Å². The molecule has 0 radical (unpaired) electrons.